The lowest BCUT2D eigenvalue weighted by atomic mass is 9.85. The predicted octanol–water partition coefficient (Wildman–Crippen LogP) is 0.188. The number of hydrogen-bond donors (Lipinski definition) is 2. The Bertz CT molecular complexity index is 479. The van der Waals surface area contributed by atoms with Gasteiger partial charge in [0.25, 0.3) is 0 Å². The van der Waals surface area contributed by atoms with Gasteiger partial charge in [0, 0.05) is 31.7 Å². The van der Waals surface area contributed by atoms with Crippen molar-refractivity contribution >= 4 is 17.9 Å². The standard InChI is InChI=1S/C16H28N4O4/c1-3-18-6-5-7-20(10-14(18)21)16(24)17-12-8-13(9-12)19(4-2)11-15(22)23/h12-13H,3-11H2,1-2H3,(H,17,24)(H,22,23). The summed E-state index contributed by atoms with van der Waals surface area (Å²) in [6.45, 7) is 6.71. The third-order valence-electron chi connectivity index (χ3n) is 4.91. The van der Waals surface area contributed by atoms with Gasteiger partial charge >= 0.3 is 12.0 Å². The molecule has 2 aliphatic rings. The highest BCUT2D eigenvalue weighted by atomic mass is 16.4. The largest absolute Gasteiger partial charge is 0.480 e. The highest BCUT2D eigenvalue weighted by molar-refractivity contribution is 5.84. The SMILES string of the molecule is CCN1CCCN(C(=O)NC2CC(N(CC)CC(=O)O)C2)CC1=O. The predicted molar refractivity (Wildman–Crippen MR) is 88.7 cm³/mol. The molecule has 8 heteroatoms. The van der Waals surface area contributed by atoms with Gasteiger partial charge in [0.1, 0.15) is 6.54 Å². The summed E-state index contributed by atoms with van der Waals surface area (Å²) >= 11 is 0. The van der Waals surface area contributed by atoms with Crippen LogP contribution in [0.15, 0.2) is 0 Å². The maximum Gasteiger partial charge on any atom is 0.318 e. The number of carbonyl (C=O) groups is 3. The summed E-state index contributed by atoms with van der Waals surface area (Å²) in [4.78, 5) is 40.5. The molecule has 1 saturated carbocycles. The number of carbonyl (C=O) groups excluding carboxylic acids is 2. The van der Waals surface area contributed by atoms with E-state index in [2.05, 4.69) is 5.32 Å². The Morgan fingerprint density at radius 2 is 2.00 bits per heavy atom. The Morgan fingerprint density at radius 1 is 1.29 bits per heavy atom. The zero-order valence-corrected chi connectivity index (χ0v) is 14.5. The number of nitrogens with zero attached hydrogens (tertiary/aromatic N) is 3. The van der Waals surface area contributed by atoms with Crippen molar-refractivity contribution in [2.24, 2.45) is 0 Å². The summed E-state index contributed by atoms with van der Waals surface area (Å²) in [5.74, 6) is -0.830. The Labute approximate surface area is 142 Å². The van der Waals surface area contributed by atoms with E-state index in [1.807, 2.05) is 18.7 Å². The number of rotatable bonds is 6. The molecule has 3 amide bonds. The molecule has 1 heterocycles. The zero-order chi connectivity index (χ0) is 17.7. The molecular weight excluding hydrogens is 312 g/mol. The molecule has 0 unspecified atom stereocenters. The number of nitrogens with one attached hydrogen (secondary N) is 1. The molecule has 1 aliphatic heterocycles. The Balaban J connectivity index is 1.78. The van der Waals surface area contributed by atoms with Crippen molar-refractivity contribution in [3.63, 3.8) is 0 Å². The highest BCUT2D eigenvalue weighted by Gasteiger charge is 2.36. The third kappa shape index (κ3) is 4.59. The average molecular weight is 340 g/mol. The van der Waals surface area contributed by atoms with Crippen LogP contribution in [0.2, 0.25) is 0 Å². The first-order chi connectivity index (χ1) is 11.4. The van der Waals surface area contributed by atoms with Crippen LogP contribution in [0.3, 0.4) is 0 Å². The van der Waals surface area contributed by atoms with Crippen molar-refractivity contribution in [1.29, 1.82) is 0 Å². The smallest absolute Gasteiger partial charge is 0.318 e. The second-order valence-electron chi connectivity index (χ2n) is 6.48. The molecule has 0 aromatic rings. The number of likely N-dealkylation sites (N-methyl/N-ethyl adjacent to an activating group) is 2. The minimum atomic E-state index is -0.826. The summed E-state index contributed by atoms with van der Waals surface area (Å²) in [5.41, 5.74) is 0. The fourth-order valence-electron chi connectivity index (χ4n) is 3.37. The molecule has 24 heavy (non-hydrogen) atoms. The molecule has 2 fully saturated rings. The first kappa shape index (κ1) is 18.5. The van der Waals surface area contributed by atoms with Crippen LogP contribution in [-0.4, -0.2) is 89.1 Å². The van der Waals surface area contributed by atoms with E-state index in [1.165, 1.54) is 0 Å². The molecular formula is C16H28N4O4. The zero-order valence-electron chi connectivity index (χ0n) is 14.5. The number of aliphatic carboxylic acids is 1. The van der Waals surface area contributed by atoms with Gasteiger partial charge in [-0.15, -0.1) is 0 Å². The van der Waals surface area contributed by atoms with Gasteiger partial charge in [-0.25, -0.2) is 4.79 Å². The van der Waals surface area contributed by atoms with E-state index in [9.17, 15) is 14.4 Å². The normalized spacial score (nSPS) is 24.5. The summed E-state index contributed by atoms with van der Waals surface area (Å²) in [7, 11) is 0. The third-order valence-corrected chi connectivity index (χ3v) is 4.91. The Morgan fingerprint density at radius 3 is 2.58 bits per heavy atom. The van der Waals surface area contributed by atoms with Crippen molar-refractivity contribution in [1.82, 2.24) is 20.0 Å². The first-order valence-electron chi connectivity index (χ1n) is 8.73. The van der Waals surface area contributed by atoms with Gasteiger partial charge in [0.05, 0.1) is 6.54 Å². The molecule has 0 atom stereocenters. The van der Waals surface area contributed by atoms with E-state index in [-0.39, 0.29) is 37.1 Å². The van der Waals surface area contributed by atoms with Crippen LogP contribution in [0.4, 0.5) is 4.79 Å². The van der Waals surface area contributed by atoms with Crippen LogP contribution in [0.1, 0.15) is 33.1 Å². The van der Waals surface area contributed by atoms with Gasteiger partial charge in [0.2, 0.25) is 5.91 Å². The van der Waals surface area contributed by atoms with Gasteiger partial charge in [-0.3, -0.25) is 14.5 Å². The minimum Gasteiger partial charge on any atom is -0.480 e. The van der Waals surface area contributed by atoms with Crippen molar-refractivity contribution in [2.75, 3.05) is 39.3 Å². The summed E-state index contributed by atoms with van der Waals surface area (Å²) in [6.07, 6.45) is 2.31. The van der Waals surface area contributed by atoms with Gasteiger partial charge < -0.3 is 20.2 Å². The van der Waals surface area contributed by atoms with Crippen LogP contribution in [-0.2, 0) is 9.59 Å². The molecule has 1 aliphatic carbocycles. The second-order valence-corrected chi connectivity index (χ2v) is 6.48. The molecule has 0 radical (unpaired) electrons. The van der Waals surface area contributed by atoms with Gasteiger partial charge in [-0.05, 0) is 32.7 Å². The van der Waals surface area contributed by atoms with Crippen LogP contribution >= 0.6 is 0 Å². The monoisotopic (exact) mass is 340 g/mol. The van der Waals surface area contributed by atoms with E-state index in [0.29, 0.717) is 26.2 Å². The quantitative estimate of drug-likeness (QED) is 0.720. The van der Waals surface area contributed by atoms with Gasteiger partial charge in [0.15, 0.2) is 0 Å². The van der Waals surface area contributed by atoms with E-state index in [0.717, 1.165) is 19.3 Å². The lowest BCUT2D eigenvalue weighted by molar-refractivity contribution is -0.139. The molecule has 8 nitrogen and oxygen atoms in total. The average Bonchev–Trinajstić information content (AvgIpc) is 2.69. The highest BCUT2D eigenvalue weighted by Crippen LogP contribution is 2.25. The molecule has 136 valence electrons. The molecule has 1 saturated heterocycles. The molecule has 0 bridgehead atoms. The number of carboxylic acids is 1. The summed E-state index contributed by atoms with van der Waals surface area (Å²) in [6, 6.07) is 0.0785. The Hall–Kier alpha value is -1.83. The number of hydrogen-bond acceptors (Lipinski definition) is 4. The topological polar surface area (TPSA) is 93.2 Å². The number of urea groups is 1. The van der Waals surface area contributed by atoms with Crippen molar-refractivity contribution in [3.05, 3.63) is 0 Å². The fourth-order valence-corrected chi connectivity index (χ4v) is 3.37. The van der Waals surface area contributed by atoms with Crippen molar-refractivity contribution < 1.29 is 19.5 Å². The summed E-state index contributed by atoms with van der Waals surface area (Å²) in [5, 5.41) is 11.9. The van der Waals surface area contributed by atoms with Crippen LogP contribution in [0.5, 0.6) is 0 Å². The van der Waals surface area contributed by atoms with E-state index < -0.39 is 5.97 Å². The van der Waals surface area contributed by atoms with E-state index in [1.54, 1.807) is 9.80 Å². The van der Waals surface area contributed by atoms with E-state index in [4.69, 9.17) is 5.11 Å². The lowest BCUT2D eigenvalue weighted by Crippen LogP contribution is -2.57. The Kier molecular flexibility index (Phi) is 6.42. The molecule has 2 rings (SSSR count). The van der Waals surface area contributed by atoms with Gasteiger partial charge in [-0.1, -0.05) is 6.92 Å². The van der Waals surface area contributed by atoms with Crippen LogP contribution in [0.25, 0.3) is 0 Å². The summed E-state index contributed by atoms with van der Waals surface area (Å²) < 4.78 is 0. The second kappa shape index (κ2) is 8.32. The number of amides is 3. The van der Waals surface area contributed by atoms with Crippen LogP contribution < -0.4 is 5.32 Å². The van der Waals surface area contributed by atoms with Crippen LogP contribution in [0, 0.1) is 0 Å². The van der Waals surface area contributed by atoms with Gasteiger partial charge in [-0.2, -0.15) is 0 Å². The molecule has 2 N–H and O–H groups in total. The molecule has 0 aromatic carbocycles. The maximum atomic E-state index is 12.4. The lowest BCUT2D eigenvalue weighted by Gasteiger charge is -2.42. The maximum absolute atomic E-state index is 12.4. The molecule has 0 aromatic heterocycles. The van der Waals surface area contributed by atoms with E-state index >= 15 is 0 Å². The van der Waals surface area contributed by atoms with Crippen molar-refractivity contribution in [2.45, 2.75) is 45.2 Å². The number of carboxylic acid groups (broad SMARTS) is 1. The molecule has 0 spiro atoms. The first-order valence-corrected chi connectivity index (χ1v) is 8.73. The van der Waals surface area contributed by atoms with Crippen molar-refractivity contribution in [3.8, 4) is 0 Å². The minimum absolute atomic E-state index is 0.00440. The fraction of sp³-hybridized carbons (Fsp3) is 0.812.